The van der Waals surface area contributed by atoms with E-state index in [2.05, 4.69) is 19.1 Å². The van der Waals surface area contributed by atoms with Crippen LogP contribution in [0.25, 0.3) is 11.1 Å². The van der Waals surface area contributed by atoms with Gasteiger partial charge in [0.1, 0.15) is 5.75 Å². The number of rotatable bonds is 8. The molecule has 0 unspecified atom stereocenters. The van der Waals surface area contributed by atoms with Crippen molar-refractivity contribution < 1.29 is 12.6 Å². The van der Waals surface area contributed by atoms with E-state index in [0.29, 0.717) is 12.2 Å². The van der Waals surface area contributed by atoms with E-state index in [9.17, 15) is 8.42 Å². The molecule has 0 N–H and O–H groups in total. The quantitative estimate of drug-likeness (QED) is 0.514. The van der Waals surface area contributed by atoms with Crippen LogP contribution in [-0.2, 0) is 16.5 Å². The highest BCUT2D eigenvalue weighted by molar-refractivity contribution is 7.87. The number of hydrogen-bond donors (Lipinski definition) is 0. The Hall–Kier alpha value is -1.81. The SMILES string of the molecule is CCCCCS(=O)(=O)Oc1cccc(-c2cccc(CC)c2)c1. The first-order chi connectivity index (χ1) is 11.0. The second-order valence-corrected chi connectivity index (χ2v) is 7.32. The third-order valence-corrected chi connectivity index (χ3v) is 4.96. The minimum absolute atomic E-state index is 0.0659. The van der Waals surface area contributed by atoms with Gasteiger partial charge < -0.3 is 4.18 Å². The van der Waals surface area contributed by atoms with Gasteiger partial charge in [-0.1, -0.05) is 63.1 Å². The molecule has 0 bridgehead atoms. The lowest BCUT2D eigenvalue weighted by Gasteiger charge is -2.09. The maximum Gasteiger partial charge on any atom is 0.309 e. The number of hydrogen-bond acceptors (Lipinski definition) is 3. The molecule has 0 saturated heterocycles. The Labute approximate surface area is 139 Å². The standard InChI is InChI=1S/C19H24O3S/c1-3-5-6-13-23(20,21)22-19-12-8-11-18(15-19)17-10-7-9-16(4-2)14-17/h7-12,14-15H,3-6,13H2,1-2H3. The molecule has 2 aromatic rings. The second kappa shape index (κ2) is 8.16. The highest BCUT2D eigenvalue weighted by Gasteiger charge is 2.12. The molecule has 0 amide bonds. The fourth-order valence-corrected chi connectivity index (χ4v) is 3.45. The summed E-state index contributed by atoms with van der Waals surface area (Å²) >= 11 is 0. The van der Waals surface area contributed by atoms with Crippen LogP contribution in [0.5, 0.6) is 5.75 Å². The first kappa shape index (κ1) is 17.5. The van der Waals surface area contributed by atoms with Gasteiger partial charge in [-0.05, 0) is 41.7 Å². The Morgan fingerprint density at radius 1 is 0.913 bits per heavy atom. The van der Waals surface area contributed by atoms with E-state index in [4.69, 9.17) is 4.18 Å². The summed E-state index contributed by atoms with van der Waals surface area (Å²) < 4.78 is 29.2. The van der Waals surface area contributed by atoms with Crippen LogP contribution in [0.4, 0.5) is 0 Å². The highest BCUT2D eigenvalue weighted by atomic mass is 32.2. The van der Waals surface area contributed by atoms with Gasteiger partial charge >= 0.3 is 10.1 Å². The molecule has 0 atom stereocenters. The zero-order chi connectivity index (χ0) is 16.7. The van der Waals surface area contributed by atoms with Gasteiger partial charge in [-0.3, -0.25) is 0 Å². The van der Waals surface area contributed by atoms with Crippen LogP contribution in [0, 0.1) is 0 Å². The molecule has 0 aliphatic carbocycles. The first-order valence-corrected chi connectivity index (χ1v) is 9.73. The van der Waals surface area contributed by atoms with Crippen molar-refractivity contribution in [3.63, 3.8) is 0 Å². The van der Waals surface area contributed by atoms with Crippen molar-refractivity contribution in [1.29, 1.82) is 0 Å². The number of unbranched alkanes of at least 4 members (excludes halogenated alkanes) is 2. The van der Waals surface area contributed by atoms with Gasteiger partial charge in [0.2, 0.25) is 0 Å². The van der Waals surface area contributed by atoms with Gasteiger partial charge in [0, 0.05) is 0 Å². The molecule has 3 nitrogen and oxygen atoms in total. The van der Waals surface area contributed by atoms with E-state index in [1.165, 1.54) is 5.56 Å². The largest absolute Gasteiger partial charge is 0.382 e. The van der Waals surface area contributed by atoms with Crippen molar-refractivity contribution in [2.45, 2.75) is 39.5 Å². The van der Waals surface area contributed by atoms with Crippen LogP contribution in [0.2, 0.25) is 0 Å². The van der Waals surface area contributed by atoms with Crippen molar-refractivity contribution in [2.75, 3.05) is 5.75 Å². The minimum Gasteiger partial charge on any atom is -0.382 e. The molecule has 0 fully saturated rings. The normalized spacial score (nSPS) is 11.4. The van der Waals surface area contributed by atoms with Crippen LogP contribution >= 0.6 is 0 Å². The molecule has 23 heavy (non-hydrogen) atoms. The van der Waals surface area contributed by atoms with E-state index >= 15 is 0 Å². The fourth-order valence-electron chi connectivity index (χ4n) is 2.42. The Morgan fingerprint density at radius 2 is 1.61 bits per heavy atom. The summed E-state index contributed by atoms with van der Waals surface area (Å²) in [6.45, 7) is 4.16. The summed E-state index contributed by atoms with van der Waals surface area (Å²) in [5.41, 5.74) is 3.28. The molecule has 0 aromatic heterocycles. The Balaban J connectivity index is 2.16. The van der Waals surface area contributed by atoms with Crippen molar-refractivity contribution in [2.24, 2.45) is 0 Å². The lowest BCUT2D eigenvalue weighted by molar-refractivity contribution is 0.483. The molecular weight excluding hydrogens is 308 g/mol. The van der Waals surface area contributed by atoms with Gasteiger partial charge in [0.05, 0.1) is 5.75 Å². The monoisotopic (exact) mass is 332 g/mol. The summed E-state index contributed by atoms with van der Waals surface area (Å²) in [6.07, 6.45) is 3.48. The molecule has 0 radical (unpaired) electrons. The Kier molecular flexibility index (Phi) is 6.22. The second-order valence-electron chi connectivity index (χ2n) is 5.63. The predicted octanol–water partition coefficient (Wildman–Crippen LogP) is 4.81. The van der Waals surface area contributed by atoms with Gasteiger partial charge in [-0.15, -0.1) is 0 Å². The molecular formula is C19H24O3S. The van der Waals surface area contributed by atoms with Gasteiger partial charge in [-0.2, -0.15) is 8.42 Å². The van der Waals surface area contributed by atoms with E-state index in [0.717, 1.165) is 30.4 Å². The van der Waals surface area contributed by atoms with Crippen LogP contribution in [0.1, 0.15) is 38.7 Å². The summed E-state index contributed by atoms with van der Waals surface area (Å²) in [4.78, 5) is 0. The van der Waals surface area contributed by atoms with E-state index in [1.807, 2.05) is 31.2 Å². The third kappa shape index (κ3) is 5.39. The summed E-state index contributed by atoms with van der Waals surface area (Å²) in [7, 11) is -3.52. The maximum atomic E-state index is 12.0. The van der Waals surface area contributed by atoms with E-state index in [-0.39, 0.29) is 5.75 Å². The van der Waals surface area contributed by atoms with Gasteiger partial charge in [0.15, 0.2) is 0 Å². The molecule has 0 spiro atoms. The van der Waals surface area contributed by atoms with Crippen molar-refractivity contribution in [1.82, 2.24) is 0 Å². The smallest absolute Gasteiger partial charge is 0.309 e. The lowest BCUT2D eigenvalue weighted by Crippen LogP contribution is -2.13. The molecule has 124 valence electrons. The predicted molar refractivity (Wildman–Crippen MR) is 95.2 cm³/mol. The molecule has 2 rings (SSSR count). The number of benzene rings is 2. The van der Waals surface area contributed by atoms with Crippen molar-refractivity contribution >= 4 is 10.1 Å². The first-order valence-electron chi connectivity index (χ1n) is 8.15. The summed E-state index contributed by atoms with van der Waals surface area (Å²) in [6, 6.07) is 15.5. The van der Waals surface area contributed by atoms with E-state index in [1.54, 1.807) is 12.1 Å². The van der Waals surface area contributed by atoms with Crippen LogP contribution in [0.15, 0.2) is 48.5 Å². The Bertz CT molecular complexity index is 736. The minimum atomic E-state index is -3.52. The van der Waals surface area contributed by atoms with Crippen LogP contribution in [-0.4, -0.2) is 14.2 Å². The average Bonchev–Trinajstić information content (AvgIpc) is 2.55. The topological polar surface area (TPSA) is 43.4 Å². The molecule has 2 aromatic carbocycles. The molecule has 0 aliphatic heterocycles. The molecule has 0 saturated carbocycles. The molecule has 4 heteroatoms. The number of aryl methyl sites for hydroxylation is 1. The average molecular weight is 332 g/mol. The maximum absolute atomic E-state index is 12.0. The van der Waals surface area contributed by atoms with Crippen molar-refractivity contribution in [3.05, 3.63) is 54.1 Å². The van der Waals surface area contributed by atoms with E-state index < -0.39 is 10.1 Å². The summed E-state index contributed by atoms with van der Waals surface area (Å²) in [5.74, 6) is 0.442. The third-order valence-electron chi connectivity index (χ3n) is 3.72. The van der Waals surface area contributed by atoms with Gasteiger partial charge in [0.25, 0.3) is 0 Å². The van der Waals surface area contributed by atoms with Gasteiger partial charge in [-0.25, -0.2) is 0 Å². The molecule has 0 heterocycles. The lowest BCUT2D eigenvalue weighted by atomic mass is 10.0. The zero-order valence-corrected chi connectivity index (χ0v) is 14.6. The highest BCUT2D eigenvalue weighted by Crippen LogP contribution is 2.25. The van der Waals surface area contributed by atoms with Crippen LogP contribution < -0.4 is 4.18 Å². The van der Waals surface area contributed by atoms with Crippen LogP contribution in [0.3, 0.4) is 0 Å². The van der Waals surface area contributed by atoms with Crippen molar-refractivity contribution in [3.8, 4) is 16.9 Å². The zero-order valence-electron chi connectivity index (χ0n) is 13.8. The Morgan fingerprint density at radius 3 is 2.30 bits per heavy atom. The fraction of sp³-hybridized carbons (Fsp3) is 0.368. The summed E-state index contributed by atoms with van der Waals surface area (Å²) in [5, 5.41) is 0. The molecule has 0 aliphatic rings.